The lowest BCUT2D eigenvalue weighted by molar-refractivity contribution is -0.130. The Morgan fingerprint density at radius 3 is 2.71 bits per heavy atom. The molecular formula is C13H20N2O2. The summed E-state index contributed by atoms with van der Waals surface area (Å²) in [4.78, 5) is 11.5. The molecule has 4 nitrogen and oxygen atoms in total. The number of amides is 1. The molecule has 0 aliphatic rings. The molecule has 0 aliphatic carbocycles. The summed E-state index contributed by atoms with van der Waals surface area (Å²) in [7, 11) is 1.49. The van der Waals surface area contributed by atoms with Gasteiger partial charge in [0.05, 0.1) is 0 Å². The Morgan fingerprint density at radius 2 is 2.12 bits per heavy atom. The molecule has 0 spiro atoms. The topological polar surface area (TPSA) is 64.3 Å². The third kappa shape index (κ3) is 4.97. The maximum atomic E-state index is 11.5. The van der Waals surface area contributed by atoms with Crippen molar-refractivity contribution in [3.05, 3.63) is 35.9 Å². The van der Waals surface area contributed by atoms with Crippen molar-refractivity contribution >= 4 is 5.91 Å². The summed E-state index contributed by atoms with van der Waals surface area (Å²) in [6.45, 7) is 0.856. The number of hydrogen-bond donors (Lipinski definition) is 2. The van der Waals surface area contributed by atoms with E-state index >= 15 is 0 Å². The number of nitrogens with two attached hydrogens (primary N) is 1. The lowest BCUT2D eigenvalue weighted by Crippen LogP contribution is -2.40. The molecule has 4 heteroatoms. The fraction of sp³-hybridized carbons (Fsp3) is 0.462. The van der Waals surface area contributed by atoms with Gasteiger partial charge in [0, 0.05) is 20.2 Å². The summed E-state index contributed by atoms with van der Waals surface area (Å²) in [5.41, 5.74) is 6.68. The molecule has 0 saturated heterocycles. The van der Waals surface area contributed by atoms with Gasteiger partial charge in [0.25, 0.3) is 0 Å². The van der Waals surface area contributed by atoms with Gasteiger partial charge in [-0.05, 0) is 18.4 Å². The van der Waals surface area contributed by atoms with Crippen LogP contribution in [-0.4, -0.2) is 32.2 Å². The molecule has 0 bridgehead atoms. The second-order valence-electron chi connectivity index (χ2n) is 3.84. The zero-order valence-electron chi connectivity index (χ0n) is 10.2. The van der Waals surface area contributed by atoms with Gasteiger partial charge in [0.1, 0.15) is 6.10 Å². The Labute approximate surface area is 102 Å². The first-order valence-electron chi connectivity index (χ1n) is 5.82. The summed E-state index contributed by atoms with van der Waals surface area (Å²) in [5.74, 6) is -0.136. The van der Waals surface area contributed by atoms with Gasteiger partial charge >= 0.3 is 0 Å². The largest absolute Gasteiger partial charge is 0.370 e. The van der Waals surface area contributed by atoms with E-state index in [-0.39, 0.29) is 12.5 Å². The highest BCUT2D eigenvalue weighted by atomic mass is 16.5. The molecule has 0 aliphatic heterocycles. The van der Waals surface area contributed by atoms with Crippen LogP contribution in [0, 0.1) is 0 Å². The van der Waals surface area contributed by atoms with Gasteiger partial charge in [-0.2, -0.15) is 0 Å². The highest BCUT2D eigenvalue weighted by Gasteiger charge is 2.14. The molecule has 1 rings (SSSR count). The molecule has 1 aromatic rings. The molecule has 0 saturated carbocycles. The molecule has 1 amide bonds. The molecule has 0 fully saturated rings. The van der Waals surface area contributed by atoms with Crippen molar-refractivity contribution in [1.82, 2.24) is 5.32 Å². The first-order valence-corrected chi connectivity index (χ1v) is 5.82. The third-order valence-electron chi connectivity index (χ3n) is 2.58. The number of ether oxygens (including phenoxy) is 1. The van der Waals surface area contributed by atoms with Crippen molar-refractivity contribution in [2.24, 2.45) is 5.73 Å². The zero-order chi connectivity index (χ0) is 12.5. The molecule has 17 heavy (non-hydrogen) atoms. The predicted molar refractivity (Wildman–Crippen MR) is 67.6 cm³/mol. The van der Waals surface area contributed by atoms with Crippen molar-refractivity contribution in [3.63, 3.8) is 0 Å². The van der Waals surface area contributed by atoms with E-state index in [1.807, 2.05) is 18.2 Å². The Morgan fingerprint density at radius 1 is 1.41 bits per heavy atom. The molecule has 0 aromatic heterocycles. The van der Waals surface area contributed by atoms with Crippen LogP contribution in [0.15, 0.2) is 30.3 Å². The Bertz CT molecular complexity index is 323. The smallest absolute Gasteiger partial charge is 0.250 e. The third-order valence-corrected chi connectivity index (χ3v) is 2.58. The Hall–Kier alpha value is -1.39. The molecule has 1 atom stereocenters. The molecular weight excluding hydrogens is 216 g/mol. The number of carbonyl (C=O) groups is 1. The van der Waals surface area contributed by atoms with Gasteiger partial charge in [-0.15, -0.1) is 0 Å². The highest BCUT2D eigenvalue weighted by molar-refractivity contribution is 5.80. The maximum Gasteiger partial charge on any atom is 0.250 e. The van der Waals surface area contributed by atoms with Crippen molar-refractivity contribution < 1.29 is 9.53 Å². The van der Waals surface area contributed by atoms with Crippen molar-refractivity contribution in [3.8, 4) is 0 Å². The average molecular weight is 236 g/mol. The van der Waals surface area contributed by atoms with Crippen LogP contribution < -0.4 is 11.1 Å². The van der Waals surface area contributed by atoms with Crippen LogP contribution in [-0.2, 0) is 16.0 Å². The summed E-state index contributed by atoms with van der Waals surface area (Å²) < 4.78 is 4.94. The highest BCUT2D eigenvalue weighted by Crippen LogP contribution is 2.01. The summed E-state index contributed by atoms with van der Waals surface area (Å²) in [5, 5.41) is 2.81. The molecule has 1 unspecified atom stereocenters. The SMILES string of the molecule is COC(CN)C(=O)NCCCc1ccccc1. The quantitative estimate of drug-likeness (QED) is 0.685. The number of benzene rings is 1. The minimum absolute atomic E-state index is 0.136. The van der Waals surface area contributed by atoms with Gasteiger partial charge in [-0.3, -0.25) is 4.79 Å². The fourth-order valence-corrected chi connectivity index (χ4v) is 1.57. The van der Waals surface area contributed by atoms with E-state index in [1.54, 1.807) is 0 Å². The molecule has 3 N–H and O–H groups in total. The Balaban J connectivity index is 2.18. The fourth-order valence-electron chi connectivity index (χ4n) is 1.57. The number of carbonyl (C=O) groups excluding carboxylic acids is 1. The first kappa shape index (κ1) is 13.7. The molecule has 0 heterocycles. The van der Waals surface area contributed by atoms with Crippen LogP contribution in [0.3, 0.4) is 0 Å². The minimum atomic E-state index is -0.535. The van der Waals surface area contributed by atoms with E-state index in [0.29, 0.717) is 6.54 Å². The molecule has 0 radical (unpaired) electrons. The number of methoxy groups -OCH3 is 1. The van der Waals surface area contributed by atoms with Crippen LogP contribution in [0.4, 0.5) is 0 Å². The second-order valence-corrected chi connectivity index (χ2v) is 3.84. The van der Waals surface area contributed by atoms with Crippen LogP contribution >= 0.6 is 0 Å². The van der Waals surface area contributed by atoms with Gasteiger partial charge < -0.3 is 15.8 Å². The van der Waals surface area contributed by atoms with Crippen molar-refractivity contribution in [1.29, 1.82) is 0 Å². The van der Waals surface area contributed by atoms with Gasteiger partial charge in [0.15, 0.2) is 0 Å². The number of nitrogens with one attached hydrogen (secondary N) is 1. The van der Waals surface area contributed by atoms with Crippen molar-refractivity contribution in [2.75, 3.05) is 20.2 Å². The standard InChI is InChI=1S/C13H20N2O2/c1-17-12(10-14)13(16)15-9-5-8-11-6-3-2-4-7-11/h2-4,6-7,12H,5,8-10,14H2,1H3,(H,15,16). The van der Waals surface area contributed by atoms with E-state index in [4.69, 9.17) is 10.5 Å². The van der Waals surface area contributed by atoms with E-state index in [9.17, 15) is 4.79 Å². The van der Waals surface area contributed by atoms with E-state index in [2.05, 4.69) is 17.4 Å². The number of aryl methyl sites for hydroxylation is 1. The first-order chi connectivity index (χ1) is 8.27. The molecule has 1 aromatic carbocycles. The van der Waals surface area contributed by atoms with E-state index in [0.717, 1.165) is 12.8 Å². The summed E-state index contributed by atoms with van der Waals surface area (Å²) in [6.07, 6.45) is 1.34. The lowest BCUT2D eigenvalue weighted by atomic mass is 10.1. The van der Waals surface area contributed by atoms with Gasteiger partial charge in [-0.1, -0.05) is 30.3 Å². The zero-order valence-corrected chi connectivity index (χ0v) is 10.2. The molecule has 94 valence electrons. The van der Waals surface area contributed by atoms with E-state index in [1.165, 1.54) is 12.7 Å². The average Bonchev–Trinajstić information content (AvgIpc) is 2.37. The van der Waals surface area contributed by atoms with Gasteiger partial charge in [0.2, 0.25) is 5.91 Å². The summed E-state index contributed by atoms with van der Waals surface area (Å²) in [6, 6.07) is 10.2. The van der Waals surface area contributed by atoms with Crippen LogP contribution in [0.5, 0.6) is 0 Å². The number of rotatable bonds is 7. The monoisotopic (exact) mass is 236 g/mol. The van der Waals surface area contributed by atoms with Crippen molar-refractivity contribution in [2.45, 2.75) is 18.9 Å². The van der Waals surface area contributed by atoms with Crippen LogP contribution in [0.25, 0.3) is 0 Å². The number of hydrogen-bond acceptors (Lipinski definition) is 3. The second kappa shape index (κ2) is 7.81. The maximum absolute atomic E-state index is 11.5. The minimum Gasteiger partial charge on any atom is -0.370 e. The lowest BCUT2D eigenvalue weighted by Gasteiger charge is -2.12. The van der Waals surface area contributed by atoms with Crippen LogP contribution in [0.1, 0.15) is 12.0 Å². The van der Waals surface area contributed by atoms with E-state index < -0.39 is 6.10 Å². The normalized spacial score (nSPS) is 12.1. The summed E-state index contributed by atoms with van der Waals surface area (Å²) >= 11 is 0. The van der Waals surface area contributed by atoms with Crippen LogP contribution in [0.2, 0.25) is 0 Å². The Kier molecular flexibility index (Phi) is 6.29. The van der Waals surface area contributed by atoms with Gasteiger partial charge in [-0.25, -0.2) is 0 Å². The predicted octanol–water partition coefficient (Wildman–Crippen LogP) is 0.709.